The van der Waals surface area contributed by atoms with E-state index in [4.69, 9.17) is 0 Å². The fourth-order valence-electron chi connectivity index (χ4n) is 4.04. The van der Waals surface area contributed by atoms with Crippen LogP contribution in [0.1, 0.15) is 69.7 Å². The van der Waals surface area contributed by atoms with Crippen LogP contribution in [0, 0.1) is 5.41 Å². The Hall–Kier alpha value is -1.12. The molecule has 0 N–H and O–H groups in total. The molecule has 1 aromatic rings. The highest BCUT2D eigenvalue weighted by molar-refractivity contribution is 5.60. The van der Waals surface area contributed by atoms with Crippen molar-refractivity contribution in [3.8, 4) is 0 Å². The van der Waals surface area contributed by atoms with Crippen molar-refractivity contribution in [2.75, 3.05) is 0 Å². The van der Waals surface area contributed by atoms with E-state index in [0.717, 1.165) is 38.5 Å². The van der Waals surface area contributed by atoms with Gasteiger partial charge < -0.3 is 4.79 Å². The molecule has 0 amide bonds. The number of rotatable bonds is 3. The summed E-state index contributed by atoms with van der Waals surface area (Å²) in [6, 6.07) is 2.31. The zero-order chi connectivity index (χ0) is 13.7. The van der Waals surface area contributed by atoms with Gasteiger partial charge in [0, 0.05) is 23.6 Å². The maximum absolute atomic E-state index is 11.3. The number of carbonyl (C=O) groups is 1. The minimum absolute atomic E-state index is 0.0151. The van der Waals surface area contributed by atoms with Crippen LogP contribution in [-0.2, 0) is 17.3 Å². The number of carbonyl (C=O) groups excluding carboxylic acids is 1. The zero-order valence-corrected chi connectivity index (χ0v) is 12.3. The van der Waals surface area contributed by atoms with Crippen LogP contribution < -0.4 is 0 Å². The van der Waals surface area contributed by atoms with E-state index in [2.05, 4.69) is 36.7 Å². The molecule has 0 aliphatic heterocycles. The van der Waals surface area contributed by atoms with Gasteiger partial charge in [0.2, 0.25) is 0 Å². The lowest BCUT2D eigenvalue weighted by Crippen LogP contribution is -2.45. The Morgan fingerprint density at radius 2 is 1.79 bits per heavy atom. The van der Waals surface area contributed by atoms with Crippen LogP contribution >= 0.6 is 0 Å². The standard InChI is InChI=1S/C16H24N2O/c1-12(2)13-10-14(18(3)17-13)16-7-4-15(11-19,5-8-16)6-9-16/h10-12H,4-9H2,1-3H3. The molecule has 0 atom stereocenters. The molecule has 3 nitrogen and oxygen atoms in total. The summed E-state index contributed by atoms with van der Waals surface area (Å²) in [5.74, 6) is 0.484. The van der Waals surface area contributed by atoms with Gasteiger partial charge >= 0.3 is 0 Å². The Labute approximate surface area is 115 Å². The number of hydrogen-bond donors (Lipinski definition) is 0. The van der Waals surface area contributed by atoms with E-state index in [1.165, 1.54) is 17.7 Å². The minimum Gasteiger partial charge on any atom is -0.303 e. The van der Waals surface area contributed by atoms with E-state index in [0.29, 0.717) is 11.3 Å². The Morgan fingerprint density at radius 3 is 2.21 bits per heavy atom. The zero-order valence-electron chi connectivity index (χ0n) is 12.3. The van der Waals surface area contributed by atoms with E-state index < -0.39 is 0 Å². The molecular weight excluding hydrogens is 236 g/mol. The SMILES string of the molecule is CC(C)c1cc(C23CCC(C=O)(CC2)CC3)n(C)n1. The molecule has 19 heavy (non-hydrogen) atoms. The van der Waals surface area contributed by atoms with E-state index >= 15 is 0 Å². The van der Waals surface area contributed by atoms with Crippen molar-refractivity contribution in [3.63, 3.8) is 0 Å². The van der Waals surface area contributed by atoms with Crippen molar-refractivity contribution in [2.24, 2.45) is 12.5 Å². The van der Waals surface area contributed by atoms with Gasteiger partial charge in [0.25, 0.3) is 0 Å². The summed E-state index contributed by atoms with van der Waals surface area (Å²) in [5, 5.41) is 4.68. The topological polar surface area (TPSA) is 34.9 Å². The van der Waals surface area contributed by atoms with Crippen LogP contribution in [-0.4, -0.2) is 16.1 Å². The van der Waals surface area contributed by atoms with Crippen LogP contribution in [0.25, 0.3) is 0 Å². The molecule has 1 aromatic heterocycles. The fourth-order valence-corrected chi connectivity index (χ4v) is 4.04. The molecule has 4 rings (SSSR count). The van der Waals surface area contributed by atoms with Crippen molar-refractivity contribution in [1.82, 2.24) is 9.78 Å². The molecule has 1 heterocycles. The van der Waals surface area contributed by atoms with Gasteiger partial charge in [-0.15, -0.1) is 0 Å². The third-order valence-electron chi connectivity index (χ3n) is 5.59. The Balaban J connectivity index is 1.93. The van der Waals surface area contributed by atoms with Crippen molar-refractivity contribution >= 4 is 6.29 Å². The van der Waals surface area contributed by atoms with E-state index in [-0.39, 0.29) is 5.41 Å². The molecule has 0 spiro atoms. The lowest BCUT2D eigenvalue weighted by atomic mass is 9.53. The van der Waals surface area contributed by atoms with Gasteiger partial charge in [-0.1, -0.05) is 13.8 Å². The third-order valence-corrected chi connectivity index (χ3v) is 5.59. The number of hydrogen-bond acceptors (Lipinski definition) is 2. The summed E-state index contributed by atoms with van der Waals surface area (Å²) in [5.41, 5.74) is 2.90. The lowest BCUT2D eigenvalue weighted by Gasteiger charge is -2.51. The minimum atomic E-state index is 0.0151. The van der Waals surface area contributed by atoms with Gasteiger partial charge in [0.1, 0.15) is 6.29 Å². The molecule has 3 aliphatic carbocycles. The first-order valence-corrected chi connectivity index (χ1v) is 7.51. The molecule has 0 radical (unpaired) electrons. The summed E-state index contributed by atoms with van der Waals surface area (Å²) in [4.78, 5) is 11.3. The molecule has 0 saturated heterocycles. The Bertz CT molecular complexity index is 476. The molecule has 3 saturated carbocycles. The van der Waals surface area contributed by atoms with Crippen molar-refractivity contribution in [1.29, 1.82) is 0 Å². The first-order valence-electron chi connectivity index (χ1n) is 7.51. The molecule has 0 unspecified atom stereocenters. The Kier molecular flexibility index (Phi) is 2.84. The average Bonchev–Trinajstić information content (AvgIpc) is 2.84. The summed E-state index contributed by atoms with van der Waals surface area (Å²) in [6.07, 6.45) is 7.91. The first-order chi connectivity index (χ1) is 9.00. The molecule has 3 fully saturated rings. The van der Waals surface area contributed by atoms with Crippen LogP contribution in [0.3, 0.4) is 0 Å². The van der Waals surface area contributed by atoms with Crippen molar-refractivity contribution in [3.05, 3.63) is 17.5 Å². The van der Waals surface area contributed by atoms with Gasteiger partial charge in [0.15, 0.2) is 0 Å². The predicted molar refractivity (Wildman–Crippen MR) is 75.2 cm³/mol. The van der Waals surface area contributed by atoms with Crippen LogP contribution in [0.5, 0.6) is 0 Å². The Morgan fingerprint density at radius 1 is 1.21 bits per heavy atom. The van der Waals surface area contributed by atoms with Crippen LogP contribution in [0.15, 0.2) is 6.07 Å². The summed E-state index contributed by atoms with van der Waals surface area (Å²) >= 11 is 0. The van der Waals surface area contributed by atoms with Gasteiger partial charge in [-0.25, -0.2) is 0 Å². The fraction of sp³-hybridized carbons (Fsp3) is 0.750. The monoisotopic (exact) mass is 260 g/mol. The van der Waals surface area contributed by atoms with Gasteiger partial charge in [-0.2, -0.15) is 5.10 Å². The van der Waals surface area contributed by atoms with Gasteiger partial charge in [0.05, 0.1) is 5.69 Å². The number of nitrogens with zero attached hydrogens (tertiary/aromatic N) is 2. The van der Waals surface area contributed by atoms with Crippen LogP contribution in [0.2, 0.25) is 0 Å². The van der Waals surface area contributed by atoms with Crippen LogP contribution in [0.4, 0.5) is 0 Å². The average molecular weight is 260 g/mol. The number of aryl methyl sites for hydroxylation is 1. The number of aldehydes is 1. The highest BCUT2D eigenvalue weighted by atomic mass is 16.1. The summed E-state index contributed by atoms with van der Waals surface area (Å²) in [6.45, 7) is 4.39. The molecule has 104 valence electrons. The maximum atomic E-state index is 11.3. The van der Waals surface area contributed by atoms with Crippen molar-refractivity contribution in [2.45, 2.75) is 63.7 Å². The van der Waals surface area contributed by atoms with E-state index in [1.54, 1.807) is 0 Å². The highest BCUT2D eigenvalue weighted by Gasteiger charge is 2.50. The summed E-state index contributed by atoms with van der Waals surface area (Å²) in [7, 11) is 2.08. The third kappa shape index (κ3) is 1.86. The quantitative estimate of drug-likeness (QED) is 0.781. The lowest BCUT2D eigenvalue weighted by molar-refractivity contribution is -0.122. The second kappa shape index (κ2) is 4.19. The molecule has 0 aromatic carbocycles. The van der Waals surface area contributed by atoms with Crippen molar-refractivity contribution < 1.29 is 4.79 Å². The number of fused-ring (bicyclic) bond motifs is 3. The van der Waals surface area contributed by atoms with E-state index in [1.807, 2.05) is 0 Å². The second-order valence-corrected chi connectivity index (χ2v) is 6.99. The molecule has 2 bridgehead atoms. The first kappa shape index (κ1) is 12.9. The summed E-state index contributed by atoms with van der Waals surface area (Å²) < 4.78 is 2.09. The normalized spacial score (nSPS) is 33.9. The second-order valence-electron chi connectivity index (χ2n) is 6.99. The molecule has 3 aliphatic rings. The van der Waals surface area contributed by atoms with Gasteiger partial charge in [-0.3, -0.25) is 4.68 Å². The highest BCUT2D eigenvalue weighted by Crippen LogP contribution is 2.56. The maximum Gasteiger partial charge on any atom is 0.126 e. The number of aromatic nitrogens is 2. The van der Waals surface area contributed by atoms with Gasteiger partial charge in [-0.05, 0) is 50.5 Å². The smallest absolute Gasteiger partial charge is 0.126 e. The largest absolute Gasteiger partial charge is 0.303 e. The molecular formula is C16H24N2O. The van der Waals surface area contributed by atoms with E-state index in [9.17, 15) is 4.79 Å². The molecule has 3 heteroatoms. The predicted octanol–water partition coefficient (Wildman–Crippen LogP) is 3.33.